The number of carbonyl (C=O) groups is 1. The van der Waals surface area contributed by atoms with Crippen LogP contribution in [0.4, 0.5) is 0 Å². The van der Waals surface area contributed by atoms with E-state index in [0.29, 0.717) is 5.01 Å². The zero-order valence-corrected chi connectivity index (χ0v) is 5.47. The van der Waals surface area contributed by atoms with E-state index < -0.39 is 5.97 Å². The van der Waals surface area contributed by atoms with Gasteiger partial charge in [0.05, 0.1) is 0 Å². The van der Waals surface area contributed by atoms with Crippen molar-refractivity contribution in [1.82, 2.24) is 10.2 Å². The van der Waals surface area contributed by atoms with Crippen molar-refractivity contribution in [3.8, 4) is 0 Å². The van der Waals surface area contributed by atoms with Crippen molar-refractivity contribution in [1.29, 1.82) is 0 Å². The maximum absolute atomic E-state index is 10.1. The fraction of sp³-hybridized carbons (Fsp3) is 0.250. The van der Waals surface area contributed by atoms with Crippen LogP contribution in [0.5, 0.6) is 0 Å². The average Bonchev–Trinajstić information content (AvgIpc) is 2.14. The minimum atomic E-state index is -1.01. The number of hydrogen-bond donors (Lipinski definition) is 1. The second-order valence-corrected chi connectivity index (χ2v) is 2.61. The van der Waals surface area contributed by atoms with Crippen molar-refractivity contribution < 1.29 is 9.90 Å². The smallest absolute Gasteiger partial charge is 0.367 e. The molecule has 1 N–H and O–H groups in total. The Labute approximate surface area is 55.2 Å². The predicted octanol–water partition coefficient (Wildman–Crippen LogP) is 0.545. The van der Waals surface area contributed by atoms with Crippen LogP contribution in [0.2, 0.25) is 0 Å². The number of hydrogen-bond acceptors (Lipinski definition) is 4. The average molecular weight is 144 g/mol. The summed E-state index contributed by atoms with van der Waals surface area (Å²) in [5.41, 5.74) is 0. The maximum Gasteiger partial charge on any atom is 0.367 e. The Bertz CT molecular complexity index is 232. The largest absolute Gasteiger partial charge is 0.476 e. The van der Waals surface area contributed by atoms with Gasteiger partial charge in [0, 0.05) is 0 Å². The van der Waals surface area contributed by atoms with Gasteiger partial charge < -0.3 is 5.11 Å². The molecule has 0 aliphatic heterocycles. The van der Waals surface area contributed by atoms with Gasteiger partial charge in [-0.3, -0.25) is 0 Å². The third-order valence-corrected chi connectivity index (χ3v) is 1.54. The lowest BCUT2D eigenvalue weighted by atomic mass is 10.7. The molecule has 0 aromatic carbocycles. The molecule has 9 heavy (non-hydrogen) atoms. The van der Waals surface area contributed by atoms with E-state index in [4.69, 9.17) is 5.11 Å². The maximum atomic E-state index is 10.1. The van der Waals surface area contributed by atoms with Crippen LogP contribution in [0.1, 0.15) is 14.8 Å². The normalized spacial score (nSPS) is 9.44. The summed E-state index contributed by atoms with van der Waals surface area (Å²) in [7, 11) is 0. The minimum Gasteiger partial charge on any atom is -0.476 e. The fourth-order valence-electron chi connectivity index (χ4n) is 0.383. The summed E-state index contributed by atoms with van der Waals surface area (Å²) in [6.45, 7) is 1.71. The Kier molecular flexibility index (Phi) is 1.44. The quantitative estimate of drug-likeness (QED) is 0.625. The van der Waals surface area contributed by atoms with E-state index >= 15 is 0 Å². The number of aromatic carboxylic acids is 1. The molecule has 0 spiro atoms. The lowest BCUT2D eigenvalue weighted by molar-refractivity contribution is 0.0695. The molecule has 1 heterocycles. The van der Waals surface area contributed by atoms with Crippen molar-refractivity contribution in [2.24, 2.45) is 0 Å². The summed E-state index contributed by atoms with van der Waals surface area (Å²) in [6.07, 6.45) is 0. The zero-order valence-electron chi connectivity index (χ0n) is 4.66. The molecule has 0 saturated carbocycles. The van der Waals surface area contributed by atoms with Crippen molar-refractivity contribution in [2.45, 2.75) is 6.92 Å². The van der Waals surface area contributed by atoms with E-state index in [1.807, 2.05) is 0 Å². The number of aromatic nitrogens is 2. The number of rotatable bonds is 1. The Morgan fingerprint density at radius 3 is 2.56 bits per heavy atom. The summed E-state index contributed by atoms with van der Waals surface area (Å²) < 4.78 is 0. The molecule has 0 radical (unpaired) electrons. The van der Waals surface area contributed by atoms with Gasteiger partial charge in [-0.1, -0.05) is 11.3 Å². The molecule has 4 nitrogen and oxygen atoms in total. The second-order valence-electron chi connectivity index (χ2n) is 1.43. The Hall–Kier alpha value is -0.970. The molecule has 1 aromatic rings. The number of nitrogens with zero attached hydrogens (tertiary/aromatic N) is 2. The van der Waals surface area contributed by atoms with Crippen molar-refractivity contribution in [3.63, 3.8) is 0 Å². The highest BCUT2D eigenvalue weighted by molar-refractivity contribution is 7.13. The highest BCUT2D eigenvalue weighted by Crippen LogP contribution is 2.06. The molecule has 0 amide bonds. The summed E-state index contributed by atoms with van der Waals surface area (Å²) in [5, 5.41) is 15.9. The van der Waals surface area contributed by atoms with Gasteiger partial charge in [-0.2, -0.15) is 0 Å². The molecule has 0 fully saturated rings. The van der Waals surface area contributed by atoms with E-state index in [0.717, 1.165) is 11.3 Å². The molecular formula is C4H4N2O2S. The van der Waals surface area contributed by atoms with Gasteiger partial charge in [0.2, 0.25) is 5.01 Å². The zero-order chi connectivity index (χ0) is 6.85. The molecule has 5 heteroatoms. The standard InChI is InChI=1S/C4H4N2O2S/c1-2-5-6-3(9-2)4(7)8/h1H3,(H,7,8). The third kappa shape index (κ3) is 1.23. The van der Waals surface area contributed by atoms with Crippen LogP contribution in [0, 0.1) is 6.92 Å². The number of aryl methyl sites for hydroxylation is 1. The Morgan fingerprint density at radius 1 is 1.67 bits per heavy atom. The van der Waals surface area contributed by atoms with Gasteiger partial charge in [-0.25, -0.2) is 4.79 Å². The van der Waals surface area contributed by atoms with E-state index in [-0.39, 0.29) is 5.01 Å². The highest BCUT2D eigenvalue weighted by Gasteiger charge is 2.06. The van der Waals surface area contributed by atoms with E-state index in [2.05, 4.69) is 10.2 Å². The summed E-state index contributed by atoms with van der Waals surface area (Å²) in [6, 6.07) is 0. The predicted molar refractivity (Wildman–Crippen MR) is 31.6 cm³/mol. The van der Waals surface area contributed by atoms with Crippen LogP contribution in [0.3, 0.4) is 0 Å². The molecule has 0 atom stereocenters. The fourth-order valence-corrected chi connectivity index (χ4v) is 0.913. The SMILES string of the molecule is Cc1nnc(C(=O)O)s1. The molecule has 0 aliphatic carbocycles. The summed E-state index contributed by atoms with van der Waals surface area (Å²) >= 11 is 1.07. The molecule has 0 unspecified atom stereocenters. The van der Waals surface area contributed by atoms with Gasteiger partial charge in [0.25, 0.3) is 0 Å². The number of carboxylic acids is 1. The minimum absolute atomic E-state index is 0.0486. The molecule has 0 bridgehead atoms. The van der Waals surface area contributed by atoms with Crippen LogP contribution in [-0.2, 0) is 0 Å². The first-order valence-electron chi connectivity index (χ1n) is 2.23. The summed E-state index contributed by atoms with van der Waals surface area (Å²) in [5.74, 6) is -1.01. The molecular weight excluding hydrogens is 140 g/mol. The van der Waals surface area contributed by atoms with Gasteiger partial charge >= 0.3 is 5.97 Å². The number of carboxylic acid groups (broad SMARTS) is 1. The van der Waals surface area contributed by atoms with E-state index in [1.54, 1.807) is 6.92 Å². The van der Waals surface area contributed by atoms with E-state index in [1.165, 1.54) is 0 Å². The van der Waals surface area contributed by atoms with Gasteiger partial charge in [0.1, 0.15) is 5.01 Å². The second kappa shape index (κ2) is 2.10. The van der Waals surface area contributed by atoms with Gasteiger partial charge in [0.15, 0.2) is 0 Å². The first-order valence-corrected chi connectivity index (χ1v) is 3.05. The Morgan fingerprint density at radius 2 is 2.33 bits per heavy atom. The third-order valence-electron chi connectivity index (χ3n) is 0.709. The first kappa shape index (κ1) is 6.15. The van der Waals surface area contributed by atoms with Gasteiger partial charge in [-0.15, -0.1) is 10.2 Å². The molecule has 48 valence electrons. The van der Waals surface area contributed by atoms with Crippen molar-refractivity contribution in [3.05, 3.63) is 10.0 Å². The highest BCUT2D eigenvalue weighted by atomic mass is 32.1. The van der Waals surface area contributed by atoms with Crippen LogP contribution < -0.4 is 0 Å². The molecule has 0 saturated heterocycles. The first-order chi connectivity index (χ1) is 4.20. The monoisotopic (exact) mass is 144 g/mol. The van der Waals surface area contributed by atoms with Crippen molar-refractivity contribution in [2.75, 3.05) is 0 Å². The van der Waals surface area contributed by atoms with Crippen molar-refractivity contribution >= 4 is 17.3 Å². The van der Waals surface area contributed by atoms with Crippen LogP contribution in [0.15, 0.2) is 0 Å². The molecule has 1 rings (SSSR count). The molecule has 0 aliphatic rings. The lowest BCUT2D eigenvalue weighted by Crippen LogP contribution is -1.93. The Balaban J connectivity index is 2.98. The molecule has 1 aromatic heterocycles. The van der Waals surface area contributed by atoms with E-state index in [9.17, 15) is 4.79 Å². The van der Waals surface area contributed by atoms with Crippen LogP contribution in [0.25, 0.3) is 0 Å². The van der Waals surface area contributed by atoms with Crippen LogP contribution in [-0.4, -0.2) is 21.3 Å². The van der Waals surface area contributed by atoms with Crippen LogP contribution >= 0.6 is 11.3 Å². The topological polar surface area (TPSA) is 63.1 Å². The van der Waals surface area contributed by atoms with Gasteiger partial charge in [-0.05, 0) is 6.92 Å². The lowest BCUT2D eigenvalue weighted by Gasteiger charge is -1.76. The summed E-state index contributed by atoms with van der Waals surface area (Å²) in [4.78, 5) is 10.1.